The Morgan fingerprint density at radius 1 is 0.793 bits per heavy atom. The molecule has 2 aliphatic carbocycles. The smallest absolute Gasteiger partial charge is 0.309 e. The summed E-state index contributed by atoms with van der Waals surface area (Å²) in [5.41, 5.74) is 0. The van der Waals surface area contributed by atoms with Gasteiger partial charge in [0, 0.05) is 0 Å². The van der Waals surface area contributed by atoms with Crippen LogP contribution in [0.3, 0.4) is 0 Å². The molecule has 0 heterocycles. The Labute approximate surface area is 177 Å². The largest absolute Gasteiger partial charge is 0.459 e. The second kappa shape index (κ2) is 14.4. The van der Waals surface area contributed by atoms with E-state index in [1.165, 1.54) is 83.5 Å². The van der Waals surface area contributed by atoms with Crippen LogP contribution in [-0.2, 0) is 9.53 Å². The molecule has 29 heavy (non-hydrogen) atoms. The van der Waals surface area contributed by atoms with Gasteiger partial charge in [0.05, 0.1) is 5.92 Å². The van der Waals surface area contributed by atoms with Crippen molar-refractivity contribution in [3.8, 4) is 0 Å². The Hall–Kier alpha value is -0.670. The van der Waals surface area contributed by atoms with Crippen molar-refractivity contribution in [1.82, 2.24) is 0 Å². The van der Waals surface area contributed by atoms with Gasteiger partial charge in [0.2, 0.25) is 0 Å². The molecule has 0 unspecified atom stereocenters. The van der Waals surface area contributed by atoms with Crippen molar-refractivity contribution in [3.63, 3.8) is 0 Å². The number of rotatable bonds is 13. The maximum atomic E-state index is 12.2. The fourth-order valence-electron chi connectivity index (χ4n) is 5.60. The normalized spacial score (nSPS) is 27.9. The van der Waals surface area contributed by atoms with Crippen molar-refractivity contribution in [1.29, 1.82) is 0 Å². The van der Waals surface area contributed by atoms with Gasteiger partial charge < -0.3 is 4.74 Å². The highest BCUT2D eigenvalue weighted by Gasteiger charge is 2.33. The minimum atomic E-state index is -2.56. The van der Waals surface area contributed by atoms with Gasteiger partial charge in [-0.1, -0.05) is 77.6 Å². The first-order chi connectivity index (χ1) is 14.1. The van der Waals surface area contributed by atoms with Crippen molar-refractivity contribution >= 4 is 5.97 Å². The van der Waals surface area contributed by atoms with Gasteiger partial charge in [0.15, 0.2) is 6.61 Å². The van der Waals surface area contributed by atoms with Crippen LogP contribution in [0, 0.1) is 23.7 Å². The summed E-state index contributed by atoms with van der Waals surface area (Å²) in [6, 6.07) is 0. The molecular weight excluding hydrogens is 370 g/mol. The molecule has 170 valence electrons. The minimum absolute atomic E-state index is 0.150. The van der Waals surface area contributed by atoms with Gasteiger partial charge in [-0.25, -0.2) is 8.78 Å². The molecule has 2 rings (SSSR count). The molecule has 0 aromatic heterocycles. The van der Waals surface area contributed by atoms with Crippen LogP contribution in [0.4, 0.5) is 8.78 Å². The number of hydrogen-bond acceptors (Lipinski definition) is 2. The molecular formula is C25H44F2O2. The number of unbranched alkanes of at least 4 members (excludes halogenated alkanes) is 7. The lowest BCUT2D eigenvalue weighted by molar-refractivity contribution is -0.154. The highest BCUT2D eigenvalue weighted by molar-refractivity contribution is 5.72. The molecule has 0 N–H and O–H groups in total. The number of ether oxygens (including phenoxy) is 1. The second-order valence-corrected chi connectivity index (χ2v) is 9.68. The standard InChI is InChI=1S/C25H44F2O2/c1-2-3-4-5-6-7-8-9-10-20-11-13-21(14-12-20)22-15-17-23(18-16-22)25(28)29-19-24(26)27/h20-24H,2-19H2,1H3. The third kappa shape index (κ3) is 9.79. The van der Waals surface area contributed by atoms with E-state index in [4.69, 9.17) is 4.74 Å². The first-order valence-corrected chi connectivity index (χ1v) is 12.5. The Bertz CT molecular complexity index is 425. The molecule has 0 bridgehead atoms. The predicted octanol–water partition coefficient (Wildman–Crippen LogP) is 7.94. The Morgan fingerprint density at radius 3 is 1.86 bits per heavy atom. The molecule has 2 saturated carbocycles. The monoisotopic (exact) mass is 414 g/mol. The molecule has 0 saturated heterocycles. The van der Waals surface area contributed by atoms with Gasteiger partial charge in [-0.2, -0.15) is 0 Å². The summed E-state index contributed by atoms with van der Waals surface area (Å²) >= 11 is 0. The fourth-order valence-corrected chi connectivity index (χ4v) is 5.60. The van der Waals surface area contributed by atoms with Crippen LogP contribution in [0.25, 0.3) is 0 Å². The van der Waals surface area contributed by atoms with E-state index >= 15 is 0 Å². The zero-order valence-corrected chi connectivity index (χ0v) is 18.7. The average Bonchev–Trinajstić information content (AvgIpc) is 2.74. The Morgan fingerprint density at radius 2 is 1.31 bits per heavy atom. The van der Waals surface area contributed by atoms with Crippen LogP contribution in [0.15, 0.2) is 0 Å². The topological polar surface area (TPSA) is 26.3 Å². The van der Waals surface area contributed by atoms with Crippen molar-refractivity contribution in [2.75, 3.05) is 6.61 Å². The summed E-state index contributed by atoms with van der Waals surface area (Å²) in [4.78, 5) is 11.9. The predicted molar refractivity (Wildman–Crippen MR) is 115 cm³/mol. The highest BCUT2D eigenvalue weighted by Crippen LogP contribution is 2.42. The van der Waals surface area contributed by atoms with Crippen molar-refractivity contribution in [2.24, 2.45) is 23.7 Å². The average molecular weight is 415 g/mol. The molecule has 0 aliphatic heterocycles. The molecule has 0 radical (unpaired) electrons. The van der Waals surface area contributed by atoms with Gasteiger partial charge in [0.25, 0.3) is 6.43 Å². The van der Waals surface area contributed by atoms with E-state index in [-0.39, 0.29) is 5.92 Å². The van der Waals surface area contributed by atoms with E-state index in [2.05, 4.69) is 6.92 Å². The fraction of sp³-hybridized carbons (Fsp3) is 0.960. The first-order valence-electron chi connectivity index (χ1n) is 12.5. The van der Waals surface area contributed by atoms with E-state index in [1.54, 1.807) is 0 Å². The highest BCUT2D eigenvalue weighted by atomic mass is 19.3. The maximum absolute atomic E-state index is 12.2. The third-order valence-corrected chi connectivity index (χ3v) is 7.48. The molecule has 0 aromatic rings. The Balaban J connectivity index is 1.51. The van der Waals surface area contributed by atoms with E-state index in [9.17, 15) is 13.6 Å². The van der Waals surface area contributed by atoms with Crippen LogP contribution in [0.1, 0.15) is 116 Å². The third-order valence-electron chi connectivity index (χ3n) is 7.48. The number of halogens is 2. The summed E-state index contributed by atoms with van der Waals surface area (Å²) in [7, 11) is 0. The van der Waals surface area contributed by atoms with Crippen LogP contribution >= 0.6 is 0 Å². The molecule has 2 nitrogen and oxygen atoms in total. The number of hydrogen-bond donors (Lipinski definition) is 0. The zero-order chi connectivity index (χ0) is 20.9. The lowest BCUT2D eigenvalue weighted by atomic mass is 9.68. The van der Waals surface area contributed by atoms with Gasteiger partial charge in [0.1, 0.15) is 0 Å². The molecule has 2 aliphatic rings. The van der Waals surface area contributed by atoms with Crippen molar-refractivity contribution < 1.29 is 18.3 Å². The van der Waals surface area contributed by atoms with Crippen molar-refractivity contribution in [3.05, 3.63) is 0 Å². The van der Waals surface area contributed by atoms with Crippen LogP contribution in [0.2, 0.25) is 0 Å². The summed E-state index contributed by atoms with van der Waals surface area (Å²) in [6.07, 6.45) is 19.4. The SMILES string of the molecule is CCCCCCCCCCC1CCC(C2CCC(C(=O)OCC(F)F)CC2)CC1. The number of carbonyl (C=O) groups is 1. The second-order valence-electron chi connectivity index (χ2n) is 9.68. The van der Waals surface area contributed by atoms with Crippen molar-refractivity contribution in [2.45, 2.75) is 123 Å². The minimum Gasteiger partial charge on any atom is -0.459 e. The lowest BCUT2D eigenvalue weighted by Crippen LogP contribution is -2.29. The lowest BCUT2D eigenvalue weighted by Gasteiger charge is -2.37. The van der Waals surface area contributed by atoms with Gasteiger partial charge in [-0.05, 0) is 56.3 Å². The summed E-state index contributed by atoms with van der Waals surface area (Å²) in [5, 5.41) is 0. The number of carbonyl (C=O) groups excluding carboxylic acids is 1. The molecule has 0 amide bonds. The molecule has 0 aromatic carbocycles. The molecule has 2 fully saturated rings. The quantitative estimate of drug-likeness (QED) is 0.226. The van der Waals surface area contributed by atoms with Crippen LogP contribution < -0.4 is 0 Å². The molecule has 0 atom stereocenters. The van der Waals surface area contributed by atoms with Gasteiger partial charge >= 0.3 is 5.97 Å². The summed E-state index contributed by atoms with van der Waals surface area (Å²) in [6.45, 7) is 1.53. The summed E-state index contributed by atoms with van der Waals surface area (Å²) in [5.74, 6) is 1.94. The number of alkyl halides is 2. The van der Waals surface area contributed by atoms with E-state index in [0.717, 1.165) is 43.4 Å². The molecule has 4 heteroatoms. The first kappa shape index (κ1) is 24.6. The number of esters is 1. The van der Waals surface area contributed by atoms with E-state index in [0.29, 0.717) is 0 Å². The summed E-state index contributed by atoms with van der Waals surface area (Å²) < 4.78 is 29.1. The Kier molecular flexibility index (Phi) is 12.2. The maximum Gasteiger partial charge on any atom is 0.309 e. The van der Waals surface area contributed by atoms with Crippen LogP contribution in [0.5, 0.6) is 0 Å². The van der Waals surface area contributed by atoms with Crippen LogP contribution in [-0.4, -0.2) is 19.0 Å². The van der Waals surface area contributed by atoms with E-state index in [1.807, 2.05) is 0 Å². The zero-order valence-electron chi connectivity index (χ0n) is 18.7. The van der Waals surface area contributed by atoms with Gasteiger partial charge in [-0.3, -0.25) is 4.79 Å². The molecule has 0 spiro atoms. The van der Waals surface area contributed by atoms with Gasteiger partial charge in [-0.15, -0.1) is 0 Å². The van der Waals surface area contributed by atoms with E-state index < -0.39 is 19.0 Å².